The Morgan fingerprint density at radius 3 is 2.22 bits per heavy atom. The van der Waals surface area contributed by atoms with Gasteiger partial charge in [0.25, 0.3) is 0 Å². The van der Waals surface area contributed by atoms with Crippen molar-refractivity contribution in [3.8, 4) is 0 Å². The van der Waals surface area contributed by atoms with Crippen LogP contribution in [0.1, 0.15) is 27.2 Å². The molecule has 0 radical (unpaired) electrons. The van der Waals surface area contributed by atoms with Gasteiger partial charge < -0.3 is 0 Å². The van der Waals surface area contributed by atoms with Crippen LogP contribution in [0.5, 0.6) is 0 Å². The number of nitrogens with zero attached hydrogens (tertiary/aromatic N) is 1. The van der Waals surface area contributed by atoms with Crippen LogP contribution in [-0.2, 0) is 9.53 Å². The van der Waals surface area contributed by atoms with Crippen LogP contribution < -0.4 is 0 Å². The number of hydrogen-bond acceptors (Lipinski definition) is 2. The molecule has 0 N–H and O–H groups in total. The van der Waals surface area contributed by atoms with E-state index in [1.54, 1.807) is 6.71 Å². The molecule has 7 heteroatoms. The first-order valence-electron chi connectivity index (χ1n) is 5.52. The number of carbonyl (C=O) groups excluding carboxylic acids is 1. The summed E-state index contributed by atoms with van der Waals surface area (Å²) < 4.78 is 7.58. The maximum absolute atomic E-state index is 11.4. The first-order chi connectivity index (χ1) is 8.47. The quantitative estimate of drug-likeness (QED) is 0.491. The molecule has 18 heavy (non-hydrogen) atoms. The second kappa shape index (κ2) is 8.19. The van der Waals surface area contributed by atoms with E-state index in [1.807, 2.05) is 20.8 Å². The number of amides is 1. The summed E-state index contributed by atoms with van der Waals surface area (Å²) in [5.41, 5.74) is 0. The zero-order chi connectivity index (χ0) is 13.7. The number of ether oxygens (including phenoxy) is 1. The van der Waals surface area contributed by atoms with Crippen molar-refractivity contribution in [3.05, 3.63) is 11.7 Å². The van der Waals surface area contributed by atoms with E-state index in [1.165, 1.54) is 0 Å². The normalized spacial score (nSPS) is 22.2. The van der Waals surface area contributed by atoms with E-state index < -0.39 is 0 Å². The molecule has 1 fully saturated rings. The molecule has 1 aromatic rings. The Bertz CT molecular complexity index is 443. The first-order valence-corrected chi connectivity index (χ1v) is 10.9. The van der Waals surface area contributed by atoms with E-state index in [0.717, 1.165) is 29.0 Å². The molecule has 1 aliphatic heterocycles. The summed E-state index contributed by atoms with van der Waals surface area (Å²) in [5, 5.41) is 0. The van der Waals surface area contributed by atoms with Crippen LogP contribution in [0.25, 0.3) is 0 Å². The number of hydrogen-bond donors (Lipinski definition) is 0. The van der Waals surface area contributed by atoms with Gasteiger partial charge in [-0.25, -0.2) is 0 Å². The summed E-state index contributed by atoms with van der Waals surface area (Å²) in [6, 6.07) is 0.147. The minimum absolute atomic E-state index is 0.0942. The molecule has 0 spiro atoms. The van der Waals surface area contributed by atoms with E-state index in [9.17, 15) is 4.79 Å². The van der Waals surface area contributed by atoms with Gasteiger partial charge in [-0.3, -0.25) is 0 Å². The van der Waals surface area contributed by atoms with Gasteiger partial charge >= 0.3 is 136 Å². The van der Waals surface area contributed by atoms with Crippen LogP contribution in [0.2, 0.25) is 0 Å². The van der Waals surface area contributed by atoms with Gasteiger partial charge in [-0.2, -0.15) is 0 Å². The molecular weight excluding hydrogens is 494 g/mol. The van der Waals surface area contributed by atoms with Gasteiger partial charge in [-0.1, -0.05) is 0 Å². The molecule has 2 heterocycles. The molecule has 1 aliphatic rings. The molecule has 1 saturated heterocycles. The summed E-state index contributed by atoms with van der Waals surface area (Å²) in [6.07, 6.45) is 0.614. The third kappa shape index (κ3) is 4.74. The number of rotatable bonds is 1. The van der Waals surface area contributed by atoms with Gasteiger partial charge in [0, 0.05) is 0 Å². The molecule has 3 nitrogen and oxygen atoms in total. The molecule has 2 atom stereocenters. The van der Waals surface area contributed by atoms with E-state index in [-0.39, 0.29) is 18.1 Å². The average Bonchev–Trinajstić information content (AvgIpc) is 2.88. The van der Waals surface area contributed by atoms with Gasteiger partial charge in [0.1, 0.15) is 0 Å². The van der Waals surface area contributed by atoms with Crippen molar-refractivity contribution in [1.82, 2.24) is 4.90 Å². The second-order valence-corrected chi connectivity index (χ2v) is 13.1. The van der Waals surface area contributed by atoms with Crippen molar-refractivity contribution >= 4 is 70.8 Å². The maximum atomic E-state index is 11.4. The molecule has 0 bridgehead atoms. The van der Waals surface area contributed by atoms with E-state index in [0.29, 0.717) is 11.1 Å². The van der Waals surface area contributed by atoms with Gasteiger partial charge in [0.15, 0.2) is 0 Å². The Morgan fingerprint density at radius 2 is 1.94 bits per heavy atom. The zero-order valence-corrected chi connectivity index (χ0v) is 17.3. The van der Waals surface area contributed by atoms with Crippen molar-refractivity contribution < 1.29 is 9.53 Å². The van der Waals surface area contributed by atoms with Gasteiger partial charge in [0.2, 0.25) is 0 Å². The molecule has 0 unspecified atom stereocenters. The molecule has 0 aromatic carbocycles. The molecule has 1 amide bonds. The van der Waals surface area contributed by atoms with Crippen molar-refractivity contribution in [2.45, 2.75) is 39.3 Å². The Kier molecular flexibility index (Phi) is 7.68. The van der Waals surface area contributed by atoms with Crippen LogP contribution in [0, 0.1) is 1.81 Å². The van der Waals surface area contributed by atoms with Crippen molar-refractivity contribution in [2.24, 2.45) is 0 Å². The minimum atomic E-state index is 0.0942. The Labute approximate surface area is 135 Å². The Balaban J connectivity index is 0.000000225. The Hall–Kier alpha value is 0.828. The average molecular weight is 509 g/mol. The Morgan fingerprint density at radius 1 is 1.39 bits per heavy atom. The van der Waals surface area contributed by atoms with Crippen molar-refractivity contribution in [2.75, 3.05) is 0 Å². The van der Waals surface area contributed by atoms with Gasteiger partial charge in [0.05, 0.1) is 0 Å². The predicted molar refractivity (Wildman–Crippen MR) is 77.2 cm³/mol. The summed E-state index contributed by atoms with van der Waals surface area (Å²) in [4.78, 5) is 17.6. The summed E-state index contributed by atoms with van der Waals surface area (Å²) in [6.45, 7) is 5.80. The molecule has 2 rings (SSSR count). The second-order valence-electron chi connectivity index (χ2n) is 3.70. The molecule has 0 saturated carbocycles. The van der Waals surface area contributed by atoms with E-state index in [2.05, 4.69) is 41.0 Å². The van der Waals surface area contributed by atoms with Crippen LogP contribution in [0.15, 0.2) is 9.88 Å². The zero-order valence-electron chi connectivity index (χ0n) is 10.4. The fourth-order valence-electron chi connectivity index (χ4n) is 1.38. The summed E-state index contributed by atoms with van der Waals surface area (Å²) in [7, 11) is 0. The first kappa shape index (κ1) is 16.9. The molecule has 0 aliphatic carbocycles. The summed E-state index contributed by atoms with van der Waals surface area (Å²) in [5.74, 6) is 0.112. The predicted octanol–water partition coefficient (Wildman–Crippen LogP) is -0.211. The van der Waals surface area contributed by atoms with Gasteiger partial charge in [-0.15, -0.1) is 0 Å². The van der Waals surface area contributed by atoms with Gasteiger partial charge in [-0.05, 0) is 0 Å². The number of carbonyl (C=O) groups is 1. The van der Waals surface area contributed by atoms with E-state index >= 15 is 0 Å². The van der Waals surface area contributed by atoms with Crippen LogP contribution >= 0.6 is 0 Å². The monoisotopic (exact) mass is 513 g/mol. The molecule has 1 aromatic heterocycles. The third-order valence-electron chi connectivity index (χ3n) is 2.53. The van der Waals surface area contributed by atoms with E-state index in [4.69, 9.17) is 4.74 Å². The third-order valence-corrected chi connectivity index (χ3v) is 10.2. The van der Waals surface area contributed by atoms with Crippen molar-refractivity contribution in [3.63, 3.8) is 0 Å². The SMILES string of the molecule is CCC(=O)N1C(=[Se])O[C@H](C)[C@@H]1C.[Se]=c1[se]cc[se]1. The standard InChI is InChI=1S/C8H13NO2Se.C3H2Se3/c1-4-7(10)9-5(2)6(3)11-8(9)12;4-3-5-1-2-6-3/h5-6H,4H2,1-3H3;1-2H/t5-,6+;/m0./s1. The molecule has 100 valence electrons. The van der Waals surface area contributed by atoms with Crippen molar-refractivity contribution in [1.29, 1.82) is 0 Å². The summed E-state index contributed by atoms with van der Waals surface area (Å²) >= 11 is 7.29. The fraction of sp³-hybridized carbons (Fsp3) is 0.545. The van der Waals surface area contributed by atoms with Crippen LogP contribution in [-0.4, -0.2) is 87.8 Å². The fourth-order valence-corrected chi connectivity index (χ4v) is 7.32. The molecular formula is C11H15NO2Se4. The van der Waals surface area contributed by atoms with Crippen LogP contribution in [0.3, 0.4) is 0 Å². The topological polar surface area (TPSA) is 29.5 Å². The van der Waals surface area contributed by atoms with Crippen LogP contribution in [0.4, 0.5) is 0 Å².